The SMILES string of the molecule is CN1CN(c2ccccc2)C2(CCN(CCc3ccccc3)CC2)C1=O. The zero-order chi connectivity index (χ0) is 18.0. The van der Waals surface area contributed by atoms with Crippen LogP contribution in [0.1, 0.15) is 18.4 Å². The monoisotopic (exact) mass is 349 g/mol. The summed E-state index contributed by atoms with van der Waals surface area (Å²) in [4.78, 5) is 19.7. The Balaban J connectivity index is 1.44. The van der Waals surface area contributed by atoms with Gasteiger partial charge in [0.15, 0.2) is 0 Å². The van der Waals surface area contributed by atoms with Crippen LogP contribution < -0.4 is 4.90 Å². The Morgan fingerprint density at radius 3 is 2.19 bits per heavy atom. The second kappa shape index (κ2) is 7.12. The van der Waals surface area contributed by atoms with E-state index in [0.29, 0.717) is 6.67 Å². The minimum Gasteiger partial charge on any atom is -0.339 e. The highest BCUT2D eigenvalue weighted by Crippen LogP contribution is 2.38. The molecule has 136 valence electrons. The molecule has 2 aromatic rings. The van der Waals surface area contributed by atoms with Gasteiger partial charge in [-0.2, -0.15) is 0 Å². The number of likely N-dealkylation sites (N-methyl/N-ethyl adjacent to an activating group) is 1. The average Bonchev–Trinajstić information content (AvgIpc) is 2.94. The summed E-state index contributed by atoms with van der Waals surface area (Å²) in [7, 11) is 1.93. The summed E-state index contributed by atoms with van der Waals surface area (Å²) in [5.41, 5.74) is 2.18. The van der Waals surface area contributed by atoms with Crippen LogP contribution in [0.15, 0.2) is 60.7 Å². The van der Waals surface area contributed by atoms with Crippen molar-refractivity contribution in [2.75, 3.05) is 38.3 Å². The first-order valence-electron chi connectivity index (χ1n) is 9.54. The van der Waals surface area contributed by atoms with Gasteiger partial charge in [-0.1, -0.05) is 48.5 Å². The number of amides is 1. The molecule has 0 atom stereocenters. The van der Waals surface area contributed by atoms with Crippen molar-refractivity contribution >= 4 is 11.6 Å². The van der Waals surface area contributed by atoms with E-state index in [1.807, 2.05) is 18.0 Å². The van der Waals surface area contributed by atoms with Crippen LogP contribution in [0.3, 0.4) is 0 Å². The molecule has 2 heterocycles. The van der Waals surface area contributed by atoms with Gasteiger partial charge in [0.1, 0.15) is 5.54 Å². The molecular formula is C22H27N3O. The maximum absolute atomic E-state index is 13.0. The van der Waals surface area contributed by atoms with Gasteiger partial charge in [0.05, 0.1) is 6.67 Å². The van der Waals surface area contributed by atoms with Crippen molar-refractivity contribution in [3.05, 3.63) is 66.2 Å². The Kier molecular flexibility index (Phi) is 4.68. The van der Waals surface area contributed by atoms with Crippen LogP contribution in [0.5, 0.6) is 0 Å². The first-order chi connectivity index (χ1) is 12.7. The molecule has 1 spiro atoms. The van der Waals surface area contributed by atoms with Crippen LogP contribution in [0.2, 0.25) is 0 Å². The van der Waals surface area contributed by atoms with Crippen molar-refractivity contribution in [3.63, 3.8) is 0 Å². The van der Waals surface area contributed by atoms with Crippen LogP contribution in [0.4, 0.5) is 5.69 Å². The first-order valence-corrected chi connectivity index (χ1v) is 9.54. The van der Waals surface area contributed by atoms with Crippen molar-refractivity contribution in [3.8, 4) is 0 Å². The van der Waals surface area contributed by atoms with Gasteiger partial charge in [-0.05, 0) is 37.0 Å². The van der Waals surface area contributed by atoms with Crippen LogP contribution >= 0.6 is 0 Å². The van der Waals surface area contributed by atoms with Gasteiger partial charge in [0.25, 0.3) is 0 Å². The number of rotatable bonds is 4. The van der Waals surface area contributed by atoms with Gasteiger partial charge in [-0.15, -0.1) is 0 Å². The number of carbonyl (C=O) groups is 1. The number of carbonyl (C=O) groups excluding carboxylic acids is 1. The molecule has 2 aromatic carbocycles. The normalized spacial score (nSPS) is 20.1. The topological polar surface area (TPSA) is 26.8 Å². The molecule has 0 saturated carbocycles. The molecule has 26 heavy (non-hydrogen) atoms. The average molecular weight is 349 g/mol. The summed E-state index contributed by atoms with van der Waals surface area (Å²) < 4.78 is 0. The van der Waals surface area contributed by atoms with Crippen molar-refractivity contribution in [1.29, 1.82) is 0 Å². The lowest BCUT2D eigenvalue weighted by Gasteiger charge is -2.43. The Bertz CT molecular complexity index is 738. The van der Waals surface area contributed by atoms with Gasteiger partial charge in [-0.25, -0.2) is 0 Å². The van der Waals surface area contributed by atoms with E-state index in [4.69, 9.17) is 0 Å². The van der Waals surface area contributed by atoms with E-state index in [1.54, 1.807) is 0 Å². The predicted molar refractivity (Wildman–Crippen MR) is 105 cm³/mol. The fraction of sp³-hybridized carbons (Fsp3) is 0.409. The molecule has 0 N–H and O–H groups in total. The molecule has 2 fully saturated rings. The third-order valence-electron chi connectivity index (χ3n) is 5.93. The van der Waals surface area contributed by atoms with E-state index in [1.165, 1.54) is 5.56 Å². The molecule has 2 aliphatic rings. The van der Waals surface area contributed by atoms with Crippen molar-refractivity contribution in [2.45, 2.75) is 24.8 Å². The standard InChI is InChI=1S/C22H27N3O/c1-23-18-25(20-10-6-3-7-11-20)22(21(23)26)13-16-24(17-14-22)15-12-19-8-4-2-5-9-19/h2-11H,12-18H2,1H3. The van der Waals surface area contributed by atoms with Gasteiger partial charge in [-0.3, -0.25) is 4.79 Å². The van der Waals surface area contributed by atoms with E-state index in [-0.39, 0.29) is 11.4 Å². The van der Waals surface area contributed by atoms with E-state index in [2.05, 4.69) is 64.4 Å². The van der Waals surface area contributed by atoms with Crippen LogP contribution in [0, 0.1) is 0 Å². The van der Waals surface area contributed by atoms with Crippen LogP contribution in [-0.2, 0) is 11.2 Å². The van der Waals surface area contributed by atoms with Gasteiger partial charge >= 0.3 is 0 Å². The summed E-state index contributed by atoms with van der Waals surface area (Å²) >= 11 is 0. The maximum atomic E-state index is 13.0. The molecule has 2 saturated heterocycles. The first kappa shape index (κ1) is 17.1. The number of hydrogen-bond acceptors (Lipinski definition) is 3. The third-order valence-corrected chi connectivity index (χ3v) is 5.93. The summed E-state index contributed by atoms with van der Waals surface area (Å²) in [5.74, 6) is 0.282. The molecule has 4 heteroatoms. The lowest BCUT2D eigenvalue weighted by molar-refractivity contribution is -0.132. The minimum atomic E-state index is -0.362. The van der Waals surface area contributed by atoms with Crippen LogP contribution in [0.25, 0.3) is 0 Å². The highest BCUT2D eigenvalue weighted by molar-refractivity contribution is 5.93. The van der Waals surface area contributed by atoms with Crippen molar-refractivity contribution in [2.24, 2.45) is 0 Å². The van der Waals surface area contributed by atoms with Crippen molar-refractivity contribution in [1.82, 2.24) is 9.80 Å². The maximum Gasteiger partial charge on any atom is 0.249 e. The number of para-hydroxylation sites is 1. The second-order valence-electron chi connectivity index (χ2n) is 7.52. The summed E-state index contributed by atoms with van der Waals surface area (Å²) in [6, 6.07) is 21.0. The quantitative estimate of drug-likeness (QED) is 0.849. The predicted octanol–water partition coefficient (Wildman–Crippen LogP) is 3.00. The van der Waals surface area contributed by atoms with Gasteiger partial charge in [0, 0.05) is 32.4 Å². The molecule has 0 aliphatic carbocycles. The Labute approximate surface area is 156 Å². The molecule has 0 aromatic heterocycles. The lowest BCUT2D eigenvalue weighted by Crippen LogP contribution is -2.56. The fourth-order valence-electron chi connectivity index (χ4n) is 4.38. The molecule has 4 rings (SSSR count). The third kappa shape index (κ3) is 3.10. The fourth-order valence-corrected chi connectivity index (χ4v) is 4.38. The van der Waals surface area contributed by atoms with Gasteiger partial charge in [0.2, 0.25) is 5.91 Å². The number of benzene rings is 2. The minimum absolute atomic E-state index is 0.282. The zero-order valence-electron chi connectivity index (χ0n) is 15.5. The molecule has 4 nitrogen and oxygen atoms in total. The molecule has 0 bridgehead atoms. The van der Waals surface area contributed by atoms with E-state index >= 15 is 0 Å². The largest absolute Gasteiger partial charge is 0.339 e. The molecule has 0 radical (unpaired) electrons. The van der Waals surface area contributed by atoms with E-state index < -0.39 is 0 Å². The number of likely N-dealkylation sites (tertiary alicyclic amines) is 1. The van der Waals surface area contributed by atoms with E-state index in [0.717, 1.165) is 44.6 Å². The Hall–Kier alpha value is -2.33. The number of nitrogens with zero attached hydrogens (tertiary/aromatic N) is 3. The molecule has 2 aliphatic heterocycles. The second-order valence-corrected chi connectivity index (χ2v) is 7.52. The Morgan fingerprint density at radius 2 is 1.54 bits per heavy atom. The molecule has 0 unspecified atom stereocenters. The zero-order valence-corrected chi connectivity index (χ0v) is 15.5. The Morgan fingerprint density at radius 1 is 0.923 bits per heavy atom. The number of anilines is 1. The lowest BCUT2D eigenvalue weighted by atomic mass is 9.85. The molecule has 1 amide bonds. The molecular weight excluding hydrogens is 322 g/mol. The number of hydrogen-bond donors (Lipinski definition) is 0. The van der Waals surface area contributed by atoms with Gasteiger partial charge < -0.3 is 14.7 Å². The number of piperidine rings is 1. The highest BCUT2D eigenvalue weighted by atomic mass is 16.2. The smallest absolute Gasteiger partial charge is 0.249 e. The van der Waals surface area contributed by atoms with E-state index in [9.17, 15) is 4.79 Å². The highest BCUT2D eigenvalue weighted by Gasteiger charge is 2.52. The summed E-state index contributed by atoms with van der Waals surface area (Å²) in [6.45, 7) is 3.72. The van der Waals surface area contributed by atoms with Crippen LogP contribution in [-0.4, -0.2) is 54.6 Å². The summed E-state index contributed by atoms with van der Waals surface area (Å²) in [5, 5.41) is 0. The summed E-state index contributed by atoms with van der Waals surface area (Å²) in [6.07, 6.45) is 2.88. The van der Waals surface area contributed by atoms with Crippen molar-refractivity contribution < 1.29 is 4.79 Å².